The number of rotatable bonds is 4. The first-order chi connectivity index (χ1) is 8.45. The van der Waals surface area contributed by atoms with Gasteiger partial charge in [0.15, 0.2) is 9.84 Å². The third-order valence-corrected chi connectivity index (χ3v) is 5.08. The number of hydrogen-bond acceptors (Lipinski definition) is 4. The van der Waals surface area contributed by atoms with E-state index in [1.807, 2.05) is 0 Å². The third-order valence-electron chi connectivity index (χ3n) is 2.40. The maximum absolute atomic E-state index is 11.3. The summed E-state index contributed by atoms with van der Waals surface area (Å²) < 4.78 is 23.7. The van der Waals surface area contributed by atoms with Gasteiger partial charge in [0, 0.05) is 18.5 Å². The number of hydrogen-bond donors (Lipinski definition) is 1. The highest BCUT2D eigenvalue weighted by molar-refractivity contribution is 9.11. The van der Waals surface area contributed by atoms with Gasteiger partial charge < -0.3 is 5.32 Å². The van der Waals surface area contributed by atoms with Crippen LogP contribution in [0, 0.1) is 0 Å². The van der Waals surface area contributed by atoms with Crippen LogP contribution in [0.15, 0.2) is 44.4 Å². The highest BCUT2D eigenvalue weighted by Crippen LogP contribution is 2.21. The zero-order valence-corrected chi connectivity index (χ0v) is 12.9. The van der Waals surface area contributed by atoms with Gasteiger partial charge in [0.1, 0.15) is 0 Å². The summed E-state index contributed by atoms with van der Waals surface area (Å²) in [5, 5.41) is 5.32. The molecule has 3 nitrogen and oxygen atoms in total. The summed E-state index contributed by atoms with van der Waals surface area (Å²) in [6, 6.07) is 8.83. The Hall–Kier alpha value is -0.850. The van der Waals surface area contributed by atoms with E-state index in [4.69, 9.17) is 0 Å². The van der Waals surface area contributed by atoms with Crippen molar-refractivity contribution in [3.8, 4) is 0 Å². The van der Waals surface area contributed by atoms with Crippen LogP contribution >= 0.6 is 27.3 Å². The minimum atomic E-state index is -3.12. The first-order valence-electron chi connectivity index (χ1n) is 5.22. The molecule has 0 radical (unpaired) electrons. The van der Waals surface area contributed by atoms with Crippen LogP contribution in [0.5, 0.6) is 0 Å². The molecule has 1 N–H and O–H groups in total. The fourth-order valence-electron chi connectivity index (χ4n) is 1.46. The van der Waals surface area contributed by atoms with Gasteiger partial charge in [-0.3, -0.25) is 0 Å². The minimum Gasteiger partial charge on any atom is -0.381 e. The van der Waals surface area contributed by atoms with Crippen molar-refractivity contribution in [3.05, 3.63) is 45.1 Å². The number of nitrogens with one attached hydrogen (secondary N) is 1. The average Bonchev–Trinajstić information content (AvgIpc) is 2.72. The molecule has 1 heterocycles. The van der Waals surface area contributed by atoms with Crippen molar-refractivity contribution in [2.24, 2.45) is 0 Å². The normalized spacial score (nSPS) is 11.4. The van der Waals surface area contributed by atoms with Gasteiger partial charge in [0.05, 0.1) is 8.68 Å². The van der Waals surface area contributed by atoms with Crippen LogP contribution in [0.2, 0.25) is 0 Å². The van der Waals surface area contributed by atoms with Crippen molar-refractivity contribution < 1.29 is 8.42 Å². The molecule has 0 amide bonds. The predicted molar refractivity (Wildman–Crippen MR) is 78.9 cm³/mol. The maximum Gasteiger partial charge on any atom is 0.175 e. The Morgan fingerprint density at radius 2 is 1.94 bits per heavy atom. The van der Waals surface area contributed by atoms with Crippen LogP contribution in [0.4, 0.5) is 5.69 Å². The van der Waals surface area contributed by atoms with Gasteiger partial charge in [-0.05, 0) is 57.2 Å². The molecular weight excluding hydrogens is 334 g/mol. The molecule has 2 rings (SSSR count). The molecule has 0 fully saturated rings. The summed E-state index contributed by atoms with van der Waals surface area (Å²) in [6.07, 6.45) is 1.21. The smallest absolute Gasteiger partial charge is 0.175 e. The fraction of sp³-hybridized carbons (Fsp3) is 0.167. The van der Waals surface area contributed by atoms with E-state index in [-0.39, 0.29) is 0 Å². The molecule has 0 aliphatic heterocycles. The lowest BCUT2D eigenvalue weighted by Gasteiger charge is -2.05. The number of thiophene rings is 1. The second-order valence-corrected chi connectivity index (χ2v) is 8.22. The summed E-state index contributed by atoms with van der Waals surface area (Å²) in [6.45, 7) is 0.723. The number of anilines is 1. The van der Waals surface area contributed by atoms with E-state index in [1.165, 1.54) is 11.8 Å². The Morgan fingerprint density at radius 3 is 2.44 bits per heavy atom. The SMILES string of the molecule is CS(=O)(=O)c1ccc(NCc2csc(Br)c2)cc1. The molecule has 0 unspecified atom stereocenters. The van der Waals surface area contributed by atoms with Crippen LogP contribution in [0.25, 0.3) is 0 Å². The Labute approximate surface area is 119 Å². The zero-order chi connectivity index (χ0) is 13.2. The van der Waals surface area contributed by atoms with Crippen LogP contribution in [0.3, 0.4) is 0 Å². The molecular formula is C12H12BrNO2S2. The quantitative estimate of drug-likeness (QED) is 0.921. The first kappa shape index (κ1) is 13.6. The molecule has 96 valence electrons. The van der Waals surface area contributed by atoms with E-state index in [1.54, 1.807) is 35.6 Å². The molecule has 2 aromatic rings. The van der Waals surface area contributed by atoms with Gasteiger partial charge in [0.2, 0.25) is 0 Å². The Bertz CT molecular complexity index is 632. The molecule has 0 aliphatic rings. The van der Waals surface area contributed by atoms with Gasteiger partial charge in [-0.2, -0.15) is 0 Å². The van der Waals surface area contributed by atoms with Crippen molar-refractivity contribution in [2.45, 2.75) is 11.4 Å². The van der Waals surface area contributed by atoms with E-state index in [0.29, 0.717) is 4.90 Å². The average molecular weight is 346 g/mol. The molecule has 1 aromatic carbocycles. The van der Waals surface area contributed by atoms with Crippen LogP contribution in [-0.4, -0.2) is 14.7 Å². The summed E-state index contributed by atoms with van der Waals surface area (Å²) in [5.74, 6) is 0. The summed E-state index contributed by atoms with van der Waals surface area (Å²) in [7, 11) is -3.12. The molecule has 0 atom stereocenters. The lowest BCUT2D eigenvalue weighted by atomic mass is 10.3. The Balaban J connectivity index is 2.03. The minimum absolute atomic E-state index is 0.339. The monoisotopic (exact) mass is 345 g/mol. The van der Waals surface area contributed by atoms with Crippen molar-refractivity contribution in [2.75, 3.05) is 11.6 Å². The lowest BCUT2D eigenvalue weighted by Crippen LogP contribution is -2.00. The predicted octanol–water partition coefficient (Wildman–Crippen LogP) is 3.53. The summed E-state index contributed by atoms with van der Waals surface area (Å²) >= 11 is 5.06. The van der Waals surface area contributed by atoms with Gasteiger partial charge in [-0.15, -0.1) is 11.3 Å². The van der Waals surface area contributed by atoms with Gasteiger partial charge in [-0.1, -0.05) is 0 Å². The third kappa shape index (κ3) is 3.57. The molecule has 0 bridgehead atoms. The molecule has 1 aromatic heterocycles. The first-order valence-corrected chi connectivity index (χ1v) is 8.78. The van der Waals surface area contributed by atoms with E-state index >= 15 is 0 Å². The van der Waals surface area contributed by atoms with Gasteiger partial charge in [0.25, 0.3) is 0 Å². The van der Waals surface area contributed by atoms with E-state index in [9.17, 15) is 8.42 Å². The Kier molecular flexibility index (Phi) is 4.09. The Morgan fingerprint density at radius 1 is 1.28 bits per heavy atom. The van der Waals surface area contributed by atoms with Crippen molar-refractivity contribution in [1.29, 1.82) is 0 Å². The van der Waals surface area contributed by atoms with Crippen molar-refractivity contribution in [3.63, 3.8) is 0 Å². The van der Waals surface area contributed by atoms with Crippen LogP contribution < -0.4 is 5.32 Å². The maximum atomic E-state index is 11.3. The number of sulfone groups is 1. The molecule has 0 saturated heterocycles. The second kappa shape index (κ2) is 5.42. The van der Waals surface area contributed by atoms with Crippen molar-refractivity contribution >= 4 is 42.8 Å². The van der Waals surface area contributed by atoms with E-state index in [2.05, 4.69) is 32.7 Å². The summed E-state index contributed by atoms with van der Waals surface area (Å²) in [4.78, 5) is 0.339. The molecule has 18 heavy (non-hydrogen) atoms. The number of benzene rings is 1. The van der Waals surface area contributed by atoms with Crippen LogP contribution in [-0.2, 0) is 16.4 Å². The van der Waals surface area contributed by atoms with Gasteiger partial charge >= 0.3 is 0 Å². The topological polar surface area (TPSA) is 46.2 Å². The molecule has 6 heteroatoms. The summed E-state index contributed by atoms with van der Waals surface area (Å²) in [5.41, 5.74) is 2.10. The van der Waals surface area contributed by atoms with E-state index in [0.717, 1.165) is 16.0 Å². The second-order valence-electron chi connectivity index (χ2n) is 3.91. The highest BCUT2D eigenvalue weighted by Gasteiger charge is 2.05. The number of halogens is 1. The molecule has 0 aliphatic carbocycles. The molecule has 0 spiro atoms. The molecule has 0 saturated carbocycles. The van der Waals surface area contributed by atoms with Crippen LogP contribution in [0.1, 0.15) is 5.56 Å². The largest absolute Gasteiger partial charge is 0.381 e. The van der Waals surface area contributed by atoms with E-state index < -0.39 is 9.84 Å². The lowest BCUT2D eigenvalue weighted by molar-refractivity contribution is 0.602. The van der Waals surface area contributed by atoms with Gasteiger partial charge in [-0.25, -0.2) is 8.42 Å². The zero-order valence-electron chi connectivity index (χ0n) is 9.68. The highest BCUT2D eigenvalue weighted by atomic mass is 79.9. The fourth-order valence-corrected chi connectivity index (χ4v) is 3.30. The van der Waals surface area contributed by atoms with Crippen molar-refractivity contribution in [1.82, 2.24) is 0 Å². The standard InChI is InChI=1S/C12H12BrNO2S2/c1-18(15,16)11-4-2-10(3-5-11)14-7-9-6-12(13)17-8-9/h2-6,8,14H,7H2,1H3.